The van der Waals surface area contributed by atoms with Crippen LogP contribution in [0.25, 0.3) is 0 Å². The summed E-state index contributed by atoms with van der Waals surface area (Å²) in [5.41, 5.74) is -0.00720. The van der Waals surface area contributed by atoms with E-state index in [0.29, 0.717) is 0 Å². The highest BCUT2D eigenvalue weighted by molar-refractivity contribution is 6.34. The average Bonchev–Trinajstić information content (AvgIpc) is 2.43. The van der Waals surface area contributed by atoms with Gasteiger partial charge in [-0.25, -0.2) is 8.78 Å². The lowest BCUT2D eigenvalue weighted by Crippen LogP contribution is -2.14. The number of nitrogens with one attached hydrogen (secondary N) is 1. The monoisotopic (exact) mass is 292 g/mol. The molecule has 0 atom stereocenters. The summed E-state index contributed by atoms with van der Waals surface area (Å²) in [7, 11) is 0. The van der Waals surface area contributed by atoms with Crippen molar-refractivity contribution < 1.29 is 13.6 Å². The molecular weight excluding hydrogens is 286 g/mol. The molecule has 0 unspecified atom stereocenters. The molecule has 0 aromatic heterocycles. The van der Waals surface area contributed by atoms with Gasteiger partial charge < -0.3 is 5.32 Å². The minimum absolute atomic E-state index is 0.152. The molecule has 0 heterocycles. The van der Waals surface area contributed by atoms with Crippen molar-refractivity contribution in [1.29, 1.82) is 5.26 Å². The highest BCUT2D eigenvalue weighted by atomic mass is 35.5. The van der Waals surface area contributed by atoms with E-state index in [9.17, 15) is 13.6 Å². The predicted octanol–water partition coefficient (Wildman–Crippen LogP) is 3.74. The minimum atomic E-state index is -0.850. The maximum atomic E-state index is 13.5. The second-order valence-corrected chi connectivity index (χ2v) is 4.29. The molecule has 2 rings (SSSR count). The van der Waals surface area contributed by atoms with Gasteiger partial charge in [0.25, 0.3) is 5.91 Å². The third kappa shape index (κ3) is 2.92. The number of nitriles is 1. The van der Waals surface area contributed by atoms with Crippen LogP contribution < -0.4 is 5.32 Å². The van der Waals surface area contributed by atoms with Gasteiger partial charge in [-0.1, -0.05) is 11.6 Å². The van der Waals surface area contributed by atoms with Gasteiger partial charge in [0.2, 0.25) is 0 Å². The summed E-state index contributed by atoms with van der Waals surface area (Å²) in [5, 5.41) is 11.3. The van der Waals surface area contributed by atoms with Crippen molar-refractivity contribution in [3.05, 3.63) is 64.2 Å². The Morgan fingerprint density at radius 3 is 2.65 bits per heavy atom. The average molecular weight is 293 g/mol. The third-order valence-electron chi connectivity index (χ3n) is 2.52. The smallest absolute Gasteiger partial charge is 0.258 e. The van der Waals surface area contributed by atoms with Gasteiger partial charge in [0.05, 0.1) is 27.9 Å². The van der Waals surface area contributed by atoms with E-state index in [1.807, 2.05) is 6.07 Å². The number of hydrogen-bond acceptors (Lipinski definition) is 2. The Hall–Kier alpha value is -2.45. The summed E-state index contributed by atoms with van der Waals surface area (Å²) in [4.78, 5) is 11.9. The Bertz CT molecular complexity index is 726. The van der Waals surface area contributed by atoms with Gasteiger partial charge in [-0.2, -0.15) is 5.26 Å². The van der Waals surface area contributed by atoms with Crippen molar-refractivity contribution in [2.75, 3.05) is 5.32 Å². The van der Waals surface area contributed by atoms with Crippen molar-refractivity contribution in [3.8, 4) is 6.07 Å². The molecule has 3 nitrogen and oxygen atoms in total. The summed E-state index contributed by atoms with van der Waals surface area (Å²) >= 11 is 5.86. The fraction of sp³-hybridized carbons (Fsp3) is 0. The Morgan fingerprint density at radius 1 is 1.20 bits per heavy atom. The molecule has 0 fully saturated rings. The van der Waals surface area contributed by atoms with E-state index in [1.165, 1.54) is 18.2 Å². The minimum Gasteiger partial charge on any atom is -0.320 e. The molecule has 0 spiro atoms. The number of hydrogen-bond donors (Lipinski definition) is 1. The van der Waals surface area contributed by atoms with Crippen molar-refractivity contribution in [1.82, 2.24) is 0 Å². The second-order valence-electron chi connectivity index (χ2n) is 3.88. The molecule has 0 aliphatic heterocycles. The standard InChI is InChI=1S/C14H7ClF2N2O/c15-11-3-1-8(7-18)5-13(11)19-14(20)10-6-9(16)2-4-12(10)17/h1-6H,(H,19,20). The van der Waals surface area contributed by atoms with Crippen LogP contribution >= 0.6 is 11.6 Å². The quantitative estimate of drug-likeness (QED) is 0.916. The molecule has 0 aliphatic carbocycles. The fourth-order valence-corrected chi connectivity index (χ4v) is 1.72. The van der Waals surface area contributed by atoms with E-state index in [4.69, 9.17) is 16.9 Å². The zero-order chi connectivity index (χ0) is 14.7. The molecule has 0 bridgehead atoms. The van der Waals surface area contributed by atoms with Crippen molar-refractivity contribution >= 4 is 23.2 Å². The summed E-state index contributed by atoms with van der Waals surface area (Å²) in [6, 6.07) is 8.69. The van der Waals surface area contributed by atoms with Crippen molar-refractivity contribution in [2.24, 2.45) is 0 Å². The SMILES string of the molecule is N#Cc1ccc(Cl)c(NC(=O)c2cc(F)ccc2F)c1. The summed E-state index contributed by atoms with van der Waals surface area (Å²) < 4.78 is 26.5. The molecule has 0 radical (unpaired) electrons. The first kappa shape index (κ1) is 14.0. The first-order valence-corrected chi connectivity index (χ1v) is 5.85. The molecular formula is C14H7ClF2N2O. The Balaban J connectivity index is 2.33. The van der Waals surface area contributed by atoms with Gasteiger partial charge in [0, 0.05) is 0 Å². The van der Waals surface area contributed by atoms with Crippen LogP contribution in [0.15, 0.2) is 36.4 Å². The maximum absolute atomic E-state index is 13.5. The third-order valence-corrected chi connectivity index (χ3v) is 2.85. The number of anilines is 1. The van der Waals surface area contributed by atoms with Crippen LogP contribution in [-0.2, 0) is 0 Å². The van der Waals surface area contributed by atoms with Gasteiger partial charge in [-0.15, -0.1) is 0 Å². The Kier molecular flexibility index (Phi) is 3.97. The van der Waals surface area contributed by atoms with Gasteiger partial charge in [-0.3, -0.25) is 4.79 Å². The molecule has 20 heavy (non-hydrogen) atoms. The van der Waals surface area contributed by atoms with Crippen LogP contribution in [0.3, 0.4) is 0 Å². The number of rotatable bonds is 2. The lowest BCUT2D eigenvalue weighted by Gasteiger charge is -2.08. The molecule has 1 N–H and O–H groups in total. The number of nitrogens with zero attached hydrogens (tertiary/aromatic N) is 1. The van der Waals surface area contributed by atoms with Crippen LogP contribution in [0.1, 0.15) is 15.9 Å². The number of benzene rings is 2. The Morgan fingerprint density at radius 2 is 1.95 bits per heavy atom. The lowest BCUT2D eigenvalue weighted by molar-refractivity contribution is 0.102. The van der Waals surface area contributed by atoms with Gasteiger partial charge >= 0.3 is 0 Å². The topological polar surface area (TPSA) is 52.9 Å². The molecule has 0 saturated heterocycles. The van der Waals surface area contributed by atoms with Gasteiger partial charge in [0.15, 0.2) is 0 Å². The second kappa shape index (κ2) is 5.68. The van der Waals surface area contributed by atoms with E-state index in [-0.39, 0.29) is 16.3 Å². The van der Waals surface area contributed by atoms with Crippen molar-refractivity contribution in [3.63, 3.8) is 0 Å². The zero-order valence-corrected chi connectivity index (χ0v) is 10.7. The normalized spacial score (nSPS) is 9.90. The molecule has 2 aromatic carbocycles. The van der Waals surface area contributed by atoms with Crippen LogP contribution in [0, 0.1) is 23.0 Å². The first-order chi connectivity index (χ1) is 9.51. The molecule has 2 aromatic rings. The number of halogens is 3. The lowest BCUT2D eigenvalue weighted by atomic mass is 10.1. The van der Waals surface area contributed by atoms with Gasteiger partial charge in [0.1, 0.15) is 11.6 Å². The molecule has 1 amide bonds. The van der Waals surface area contributed by atoms with Crippen LogP contribution in [0.2, 0.25) is 5.02 Å². The zero-order valence-electron chi connectivity index (χ0n) is 9.95. The van der Waals surface area contributed by atoms with Crippen LogP contribution in [0.5, 0.6) is 0 Å². The predicted molar refractivity (Wildman–Crippen MR) is 70.5 cm³/mol. The molecule has 0 aliphatic rings. The van der Waals surface area contributed by atoms with Crippen LogP contribution in [0.4, 0.5) is 14.5 Å². The van der Waals surface area contributed by atoms with Gasteiger partial charge in [-0.05, 0) is 36.4 Å². The van der Waals surface area contributed by atoms with Crippen LogP contribution in [-0.4, -0.2) is 5.91 Å². The summed E-state index contributed by atoms with van der Waals surface area (Å²) in [6.07, 6.45) is 0. The molecule has 0 saturated carbocycles. The number of carbonyl (C=O) groups is 1. The number of carbonyl (C=O) groups excluding carboxylic acids is 1. The van der Waals surface area contributed by atoms with E-state index >= 15 is 0 Å². The first-order valence-electron chi connectivity index (χ1n) is 5.47. The van der Waals surface area contributed by atoms with E-state index < -0.39 is 23.1 Å². The number of amides is 1. The van der Waals surface area contributed by atoms with E-state index in [0.717, 1.165) is 18.2 Å². The largest absolute Gasteiger partial charge is 0.320 e. The fourth-order valence-electron chi connectivity index (χ4n) is 1.55. The highest BCUT2D eigenvalue weighted by Gasteiger charge is 2.14. The maximum Gasteiger partial charge on any atom is 0.258 e. The van der Waals surface area contributed by atoms with E-state index in [1.54, 1.807) is 0 Å². The molecule has 6 heteroatoms. The van der Waals surface area contributed by atoms with E-state index in [2.05, 4.69) is 5.32 Å². The molecule has 100 valence electrons. The highest BCUT2D eigenvalue weighted by Crippen LogP contribution is 2.24. The summed E-state index contributed by atoms with van der Waals surface area (Å²) in [5.74, 6) is -2.43. The summed E-state index contributed by atoms with van der Waals surface area (Å²) in [6.45, 7) is 0. The Labute approximate surface area is 118 Å². The van der Waals surface area contributed by atoms with Crippen molar-refractivity contribution in [2.45, 2.75) is 0 Å².